The molecule has 2 heterocycles. The van der Waals surface area contributed by atoms with Crippen LogP contribution in [0.4, 0.5) is 0 Å². The molecule has 1 aliphatic heterocycles. The summed E-state index contributed by atoms with van der Waals surface area (Å²) in [7, 11) is 0. The first kappa shape index (κ1) is 21.4. The average molecular weight is 445 g/mol. The van der Waals surface area contributed by atoms with Gasteiger partial charge in [-0.3, -0.25) is 9.59 Å². The standard InChI is InChI=1S/C25H20N2O4S/c28-22-15-23(32)27(13-12-16-4-2-1-3-5-16)24(29)20(22)14-19-10-11-21(26-19)17-6-8-18(9-7-17)25(30)31/h1-11,14,26H,12-13,15H2,(H,30,31)/b20-14+. The summed E-state index contributed by atoms with van der Waals surface area (Å²) in [6.07, 6.45) is 2.23. The van der Waals surface area contributed by atoms with Crippen LogP contribution in [0.5, 0.6) is 0 Å². The number of aromatic nitrogens is 1. The molecule has 7 heteroatoms. The van der Waals surface area contributed by atoms with Crippen LogP contribution >= 0.6 is 12.2 Å². The van der Waals surface area contributed by atoms with Gasteiger partial charge >= 0.3 is 5.97 Å². The minimum Gasteiger partial charge on any atom is -0.478 e. The third kappa shape index (κ3) is 4.58. The Morgan fingerprint density at radius 2 is 1.75 bits per heavy atom. The van der Waals surface area contributed by atoms with Gasteiger partial charge in [-0.15, -0.1) is 0 Å². The molecular formula is C25H20N2O4S. The number of H-pyrrole nitrogens is 1. The van der Waals surface area contributed by atoms with E-state index in [4.69, 9.17) is 17.3 Å². The van der Waals surface area contributed by atoms with Crippen molar-refractivity contribution < 1.29 is 19.5 Å². The maximum atomic E-state index is 13.0. The summed E-state index contributed by atoms with van der Waals surface area (Å²) in [5.41, 5.74) is 3.55. The van der Waals surface area contributed by atoms with E-state index in [1.54, 1.807) is 24.3 Å². The largest absolute Gasteiger partial charge is 0.478 e. The summed E-state index contributed by atoms with van der Waals surface area (Å²) >= 11 is 5.32. The Labute approximate surface area is 190 Å². The molecule has 0 bridgehead atoms. The van der Waals surface area contributed by atoms with Crippen molar-refractivity contribution in [1.29, 1.82) is 0 Å². The highest BCUT2D eigenvalue weighted by molar-refractivity contribution is 7.80. The van der Waals surface area contributed by atoms with E-state index >= 15 is 0 Å². The van der Waals surface area contributed by atoms with Crippen LogP contribution < -0.4 is 0 Å². The third-order valence-electron chi connectivity index (χ3n) is 5.31. The summed E-state index contributed by atoms with van der Waals surface area (Å²) in [4.78, 5) is 41.6. The predicted molar refractivity (Wildman–Crippen MR) is 125 cm³/mol. The fourth-order valence-corrected chi connectivity index (χ4v) is 3.88. The van der Waals surface area contributed by atoms with E-state index < -0.39 is 5.97 Å². The number of piperidine rings is 1. The number of ketones is 1. The van der Waals surface area contributed by atoms with Crippen LogP contribution in [0.2, 0.25) is 0 Å². The first-order valence-corrected chi connectivity index (χ1v) is 10.5. The van der Waals surface area contributed by atoms with Crippen LogP contribution in [0.15, 0.2) is 72.3 Å². The molecule has 1 amide bonds. The van der Waals surface area contributed by atoms with Crippen molar-refractivity contribution in [3.63, 3.8) is 0 Å². The Kier molecular flexibility index (Phi) is 6.09. The first-order valence-electron chi connectivity index (χ1n) is 10.1. The van der Waals surface area contributed by atoms with Gasteiger partial charge in [-0.05, 0) is 47.9 Å². The number of nitrogens with zero attached hydrogens (tertiary/aromatic N) is 1. The van der Waals surface area contributed by atoms with Gasteiger partial charge < -0.3 is 15.0 Å². The molecule has 0 saturated carbocycles. The van der Waals surface area contributed by atoms with E-state index in [0.29, 0.717) is 23.6 Å². The fraction of sp³-hybridized carbons (Fsp3) is 0.120. The highest BCUT2D eigenvalue weighted by atomic mass is 32.1. The predicted octanol–water partition coefficient (Wildman–Crippen LogP) is 4.13. The molecule has 3 aromatic rings. The first-order chi connectivity index (χ1) is 15.4. The number of carbonyl (C=O) groups excluding carboxylic acids is 2. The van der Waals surface area contributed by atoms with Gasteiger partial charge in [0.25, 0.3) is 5.91 Å². The number of thiocarbonyl (C=S) groups is 1. The van der Waals surface area contributed by atoms with Crippen LogP contribution in [-0.4, -0.2) is 44.2 Å². The van der Waals surface area contributed by atoms with Crippen molar-refractivity contribution in [3.05, 3.63) is 89.1 Å². The van der Waals surface area contributed by atoms with Gasteiger partial charge in [0.1, 0.15) is 0 Å². The molecule has 0 atom stereocenters. The molecule has 1 saturated heterocycles. The Morgan fingerprint density at radius 3 is 2.44 bits per heavy atom. The van der Waals surface area contributed by atoms with Gasteiger partial charge in [0, 0.05) is 17.9 Å². The van der Waals surface area contributed by atoms with Crippen LogP contribution in [0.3, 0.4) is 0 Å². The van der Waals surface area contributed by atoms with Gasteiger partial charge in [-0.25, -0.2) is 4.79 Å². The minimum absolute atomic E-state index is 0.0336. The van der Waals surface area contributed by atoms with Crippen molar-refractivity contribution in [2.24, 2.45) is 0 Å². The molecular weight excluding hydrogens is 424 g/mol. The summed E-state index contributed by atoms with van der Waals surface area (Å²) in [5, 5.41) is 9.03. The van der Waals surface area contributed by atoms with E-state index in [-0.39, 0.29) is 29.2 Å². The zero-order valence-electron chi connectivity index (χ0n) is 17.1. The number of carboxylic acid groups (broad SMARTS) is 1. The molecule has 0 radical (unpaired) electrons. The van der Waals surface area contributed by atoms with Crippen LogP contribution in [0, 0.1) is 0 Å². The van der Waals surface area contributed by atoms with Gasteiger partial charge in [0.15, 0.2) is 5.78 Å². The zero-order valence-corrected chi connectivity index (χ0v) is 17.9. The highest BCUT2D eigenvalue weighted by Crippen LogP contribution is 2.23. The normalized spacial score (nSPS) is 15.4. The molecule has 0 aliphatic carbocycles. The second kappa shape index (κ2) is 9.11. The molecule has 1 fully saturated rings. The summed E-state index contributed by atoms with van der Waals surface area (Å²) in [6.45, 7) is 0.415. The number of carbonyl (C=O) groups is 3. The molecule has 2 aromatic carbocycles. The Morgan fingerprint density at radius 1 is 1.03 bits per heavy atom. The van der Waals surface area contributed by atoms with Crippen molar-refractivity contribution in [2.45, 2.75) is 12.8 Å². The maximum Gasteiger partial charge on any atom is 0.335 e. The van der Waals surface area contributed by atoms with Crippen molar-refractivity contribution in [2.75, 3.05) is 6.54 Å². The summed E-state index contributed by atoms with van der Waals surface area (Å²) in [6, 6.07) is 19.8. The lowest BCUT2D eigenvalue weighted by Gasteiger charge is -2.28. The molecule has 4 rings (SSSR count). The summed E-state index contributed by atoms with van der Waals surface area (Å²) in [5.74, 6) is -1.67. The molecule has 0 unspecified atom stereocenters. The topological polar surface area (TPSA) is 90.5 Å². The zero-order chi connectivity index (χ0) is 22.7. The average Bonchev–Trinajstić information content (AvgIpc) is 3.26. The number of likely N-dealkylation sites (tertiary alicyclic amines) is 1. The number of hydrogen-bond donors (Lipinski definition) is 2. The summed E-state index contributed by atoms with van der Waals surface area (Å²) < 4.78 is 0. The maximum absolute atomic E-state index is 13.0. The van der Waals surface area contributed by atoms with Gasteiger partial charge in [0.2, 0.25) is 0 Å². The van der Waals surface area contributed by atoms with Gasteiger partial charge in [-0.2, -0.15) is 0 Å². The van der Waals surface area contributed by atoms with E-state index in [2.05, 4.69) is 4.98 Å². The van der Waals surface area contributed by atoms with E-state index in [0.717, 1.165) is 16.8 Å². The van der Waals surface area contributed by atoms with Crippen molar-refractivity contribution >= 4 is 40.9 Å². The number of hydrogen-bond acceptors (Lipinski definition) is 4. The van der Waals surface area contributed by atoms with Crippen molar-refractivity contribution in [3.8, 4) is 11.3 Å². The van der Waals surface area contributed by atoms with Crippen LogP contribution in [0.25, 0.3) is 17.3 Å². The lowest BCUT2D eigenvalue weighted by atomic mass is 10.00. The number of nitrogens with one attached hydrogen (secondary N) is 1. The van der Waals surface area contributed by atoms with E-state index in [9.17, 15) is 14.4 Å². The lowest BCUT2D eigenvalue weighted by Crippen LogP contribution is -2.45. The lowest BCUT2D eigenvalue weighted by molar-refractivity contribution is -0.127. The molecule has 32 heavy (non-hydrogen) atoms. The fourth-order valence-electron chi connectivity index (χ4n) is 3.57. The minimum atomic E-state index is -0.988. The van der Waals surface area contributed by atoms with Crippen LogP contribution in [-0.2, 0) is 16.0 Å². The second-order valence-corrected chi connectivity index (χ2v) is 7.93. The van der Waals surface area contributed by atoms with E-state index in [1.165, 1.54) is 17.0 Å². The van der Waals surface area contributed by atoms with E-state index in [1.807, 2.05) is 36.4 Å². The smallest absolute Gasteiger partial charge is 0.335 e. The quantitative estimate of drug-likeness (QED) is 0.339. The number of amides is 1. The SMILES string of the molecule is O=C1CC(=S)N(CCc2ccccc2)C(=O)/C1=C/c1ccc(-c2ccc(C(=O)O)cc2)[nH]1. The van der Waals surface area contributed by atoms with Crippen LogP contribution in [0.1, 0.15) is 28.0 Å². The molecule has 1 aromatic heterocycles. The van der Waals surface area contributed by atoms with Crippen molar-refractivity contribution in [1.82, 2.24) is 9.88 Å². The third-order valence-corrected chi connectivity index (χ3v) is 5.67. The molecule has 1 aliphatic rings. The molecule has 0 spiro atoms. The van der Waals surface area contributed by atoms with Gasteiger partial charge in [0.05, 0.1) is 22.5 Å². The number of Topliss-reactive ketones (excluding diaryl/α,β-unsaturated/α-hetero) is 1. The number of carboxylic acids is 1. The second-order valence-electron chi connectivity index (χ2n) is 7.45. The van der Waals surface area contributed by atoms with Gasteiger partial charge in [-0.1, -0.05) is 54.7 Å². The number of aromatic amines is 1. The molecule has 2 N–H and O–H groups in total. The highest BCUT2D eigenvalue weighted by Gasteiger charge is 2.33. The molecule has 160 valence electrons. The Balaban J connectivity index is 1.53. The Hall–Kier alpha value is -3.84. The number of rotatable bonds is 6. The Bertz CT molecular complexity index is 1230. The monoisotopic (exact) mass is 444 g/mol. The number of aromatic carboxylic acids is 1. The molecule has 6 nitrogen and oxygen atoms in total. The number of benzene rings is 2.